The summed E-state index contributed by atoms with van der Waals surface area (Å²) in [5.74, 6) is 0. The van der Waals surface area contributed by atoms with Crippen molar-refractivity contribution >= 4 is 49.6 Å². The van der Waals surface area contributed by atoms with Gasteiger partial charge < -0.3 is 5.32 Å². The number of benzene rings is 1. The Morgan fingerprint density at radius 3 is 2.75 bits per heavy atom. The fourth-order valence-corrected chi connectivity index (χ4v) is 4.59. The molecular formula is C13H15IN2O2S2. The lowest BCUT2D eigenvalue weighted by atomic mass is 10.3. The third kappa shape index (κ3) is 3.94. The van der Waals surface area contributed by atoms with Crippen LogP contribution in [0.1, 0.15) is 12.5 Å². The third-order valence-corrected chi connectivity index (χ3v) is 6.39. The number of rotatable bonds is 6. The minimum atomic E-state index is -3.50. The highest BCUT2D eigenvalue weighted by molar-refractivity contribution is 14.1. The Morgan fingerprint density at radius 2 is 2.05 bits per heavy atom. The van der Waals surface area contributed by atoms with E-state index in [9.17, 15) is 8.42 Å². The number of thiophene rings is 1. The van der Waals surface area contributed by atoms with Gasteiger partial charge in [0.15, 0.2) is 0 Å². The molecule has 0 fully saturated rings. The first-order valence-electron chi connectivity index (χ1n) is 6.08. The van der Waals surface area contributed by atoms with Crippen LogP contribution in [0.25, 0.3) is 0 Å². The molecule has 0 aliphatic rings. The quantitative estimate of drug-likeness (QED) is 0.703. The molecule has 0 spiro atoms. The van der Waals surface area contributed by atoms with E-state index in [0.29, 0.717) is 16.4 Å². The molecule has 0 saturated heterocycles. The van der Waals surface area contributed by atoms with E-state index in [-0.39, 0.29) is 0 Å². The second-order valence-electron chi connectivity index (χ2n) is 4.14. The molecule has 108 valence electrons. The molecule has 7 heteroatoms. The summed E-state index contributed by atoms with van der Waals surface area (Å²) in [5.41, 5.74) is 1.59. The van der Waals surface area contributed by atoms with Crippen LogP contribution in [0.4, 0.5) is 5.69 Å². The second-order valence-corrected chi connectivity index (χ2v) is 8.12. The summed E-state index contributed by atoms with van der Waals surface area (Å²) in [6.07, 6.45) is 0. The van der Waals surface area contributed by atoms with Gasteiger partial charge in [0.05, 0.1) is 5.69 Å². The Hall–Kier alpha value is -0.640. The molecule has 0 atom stereocenters. The predicted octanol–water partition coefficient (Wildman–Crippen LogP) is 3.26. The number of para-hydroxylation sites is 1. The van der Waals surface area contributed by atoms with Crippen molar-refractivity contribution in [2.45, 2.75) is 17.7 Å². The van der Waals surface area contributed by atoms with Crippen molar-refractivity contribution < 1.29 is 8.42 Å². The first-order chi connectivity index (χ1) is 9.53. The zero-order chi connectivity index (χ0) is 14.6. The van der Waals surface area contributed by atoms with Gasteiger partial charge >= 0.3 is 0 Å². The molecule has 1 heterocycles. The van der Waals surface area contributed by atoms with Crippen molar-refractivity contribution in [2.75, 3.05) is 11.3 Å². The molecule has 20 heavy (non-hydrogen) atoms. The summed E-state index contributed by atoms with van der Waals surface area (Å²) >= 11 is 3.35. The highest BCUT2D eigenvalue weighted by Crippen LogP contribution is 2.25. The highest BCUT2D eigenvalue weighted by Gasteiger charge is 2.17. The van der Waals surface area contributed by atoms with Gasteiger partial charge in [-0.2, -0.15) is 0 Å². The van der Waals surface area contributed by atoms with E-state index in [1.807, 2.05) is 30.5 Å². The van der Waals surface area contributed by atoms with Gasteiger partial charge in [-0.15, -0.1) is 11.3 Å². The lowest BCUT2D eigenvalue weighted by Gasteiger charge is -2.07. The van der Waals surface area contributed by atoms with Crippen LogP contribution in [0.2, 0.25) is 0 Å². The molecule has 0 unspecified atom stereocenters. The fraction of sp³-hybridized carbons (Fsp3) is 0.231. The summed E-state index contributed by atoms with van der Waals surface area (Å²) in [5, 5.41) is 5.05. The van der Waals surface area contributed by atoms with Gasteiger partial charge in [0.25, 0.3) is 10.0 Å². The average molecular weight is 422 g/mol. The summed E-state index contributed by atoms with van der Waals surface area (Å²) in [4.78, 5) is 0. The van der Waals surface area contributed by atoms with Gasteiger partial charge in [0.1, 0.15) is 4.21 Å². The van der Waals surface area contributed by atoms with Crippen LogP contribution >= 0.6 is 33.9 Å². The Labute approximate surface area is 136 Å². The second kappa shape index (κ2) is 6.88. The van der Waals surface area contributed by atoms with Crippen LogP contribution in [0, 0.1) is 3.57 Å². The zero-order valence-corrected chi connectivity index (χ0v) is 14.7. The number of anilines is 1. The van der Waals surface area contributed by atoms with Crippen molar-refractivity contribution in [3.8, 4) is 0 Å². The van der Waals surface area contributed by atoms with Gasteiger partial charge in [0, 0.05) is 10.1 Å². The van der Waals surface area contributed by atoms with Crippen LogP contribution in [0.5, 0.6) is 0 Å². The van der Waals surface area contributed by atoms with E-state index in [0.717, 1.165) is 15.7 Å². The largest absolute Gasteiger partial charge is 0.313 e. The number of sulfonamides is 1. The van der Waals surface area contributed by atoms with Crippen LogP contribution < -0.4 is 10.0 Å². The summed E-state index contributed by atoms with van der Waals surface area (Å²) < 4.78 is 28.5. The predicted molar refractivity (Wildman–Crippen MR) is 91.7 cm³/mol. The third-order valence-electron chi connectivity index (χ3n) is 2.59. The van der Waals surface area contributed by atoms with Crippen molar-refractivity contribution in [3.05, 3.63) is 44.8 Å². The number of nitrogens with one attached hydrogen (secondary N) is 2. The van der Waals surface area contributed by atoms with E-state index < -0.39 is 10.0 Å². The van der Waals surface area contributed by atoms with Crippen LogP contribution in [0.3, 0.4) is 0 Å². The molecule has 0 aliphatic carbocycles. The molecule has 0 bridgehead atoms. The monoisotopic (exact) mass is 422 g/mol. The molecule has 2 N–H and O–H groups in total. The summed E-state index contributed by atoms with van der Waals surface area (Å²) in [6, 6.07) is 9.02. The minimum absolute atomic E-state index is 0.338. The van der Waals surface area contributed by atoms with E-state index in [2.05, 4.69) is 32.6 Å². The van der Waals surface area contributed by atoms with E-state index in [1.54, 1.807) is 12.1 Å². The molecule has 1 aromatic heterocycles. The van der Waals surface area contributed by atoms with E-state index in [4.69, 9.17) is 0 Å². The van der Waals surface area contributed by atoms with Crippen molar-refractivity contribution in [1.82, 2.24) is 5.32 Å². The Bertz CT molecular complexity index is 683. The maximum absolute atomic E-state index is 12.3. The summed E-state index contributed by atoms with van der Waals surface area (Å²) in [7, 11) is -3.50. The zero-order valence-electron chi connectivity index (χ0n) is 10.9. The van der Waals surface area contributed by atoms with Crippen LogP contribution in [-0.2, 0) is 16.6 Å². The maximum Gasteiger partial charge on any atom is 0.271 e. The first-order valence-corrected chi connectivity index (χ1v) is 9.52. The van der Waals surface area contributed by atoms with Crippen LogP contribution in [-0.4, -0.2) is 15.0 Å². The van der Waals surface area contributed by atoms with Crippen molar-refractivity contribution in [3.63, 3.8) is 0 Å². The van der Waals surface area contributed by atoms with Gasteiger partial charge in [-0.25, -0.2) is 8.42 Å². The lowest BCUT2D eigenvalue weighted by Crippen LogP contribution is -2.13. The SMILES string of the molecule is CCNCc1csc(S(=O)(=O)Nc2ccccc2I)c1. The minimum Gasteiger partial charge on any atom is -0.313 e. The molecule has 0 radical (unpaired) electrons. The fourth-order valence-electron chi connectivity index (χ4n) is 1.60. The molecule has 4 nitrogen and oxygen atoms in total. The first kappa shape index (κ1) is 15.7. The molecule has 1 aromatic carbocycles. The molecule has 2 aromatic rings. The number of halogens is 1. The Morgan fingerprint density at radius 1 is 1.30 bits per heavy atom. The van der Waals surface area contributed by atoms with E-state index >= 15 is 0 Å². The van der Waals surface area contributed by atoms with E-state index in [1.165, 1.54) is 11.3 Å². The lowest BCUT2D eigenvalue weighted by molar-refractivity contribution is 0.603. The van der Waals surface area contributed by atoms with Crippen molar-refractivity contribution in [1.29, 1.82) is 0 Å². The van der Waals surface area contributed by atoms with Gasteiger partial charge in [-0.3, -0.25) is 4.72 Å². The Balaban J connectivity index is 2.18. The van der Waals surface area contributed by atoms with Gasteiger partial charge in [-0.1, -0.05) is 19.1 Å². The Kier molecular flexibility index (Phi) is 5.42. The normalized spacial score (nSPS) is 11.5. The standard InChI is InChI=1S/C13H15IN2O2S2/c1-2-15-8-10-7-13(19-9-10)20(17,18)16-12-6-4-3-5-11(12)14/h3-7,9,15-16H,2,8H2,1H3. The molecule has 0 amide bonds. The topological polar surface area (TPSA) is 58.2 Å². The smallest absolute Gasteiger partial charge is 0.271 e. The molecule has 0 aliphatic heterocycles. The average Bonchev–Trinajstić information content (AvgIpc) is 2.88. The van der Waals surface area contributed by atoms with Crippen LogP contribution in [0.15, 0.2) is 39.9 Å². The van der Waals surface area contributed by atoms with Crippen molar-refractivity contribution in [2.24, 2.45) is 0 Å². The number of hydrogen-bond acceptors (Lipinski definition) is 4. The highest BCUT2D eigenvalue weighted by atomic mass is 127. The molecule has 2 rings (SSSR count). The maximum atomic E-state index is 12.3. The summed E-state index contributed by atoms with van der Waals surface area (Å²) in [6.45, 7) is 3.56. The van der Waals surface area contributed by atoms with Gasteiger partial charge in [-0.05, 0) is 58.3 Å². The number of hydrogen-bond donors (Lipinski definition) is 2. The van der Waals surface area contributed by atoms with Gasteiger partial charge in [0.2, 0.25) is 0 Å². The molecule has 0 saturated carbocycles. The molecular weight excluding hydrogens is 407 g/mol.